The lowest BCUT2D eigenvalue weighted by Gasteiger charge is -2.34. The summed E-state index contributed by atoms with van der Waals surface area (Å²) in [7, 11) is 1.58. The number of thioether (sulfide) groups is 1. The van der Waals surface area contributed by atoms with Crippen molar-refractivity contribution in [1.82, 2.24) is 5.32 Å². The number of fused-ring (bicyclic) bond motifs is 1. The van der Waals surface area contributed by atoms with Crippen LogP contribution in [0.1, 0.15) is 5.56 Å². The molecule has 0 aliphatic carbocycles. The van der Waals surface area contributed by atoms with E-state index in [-0.39, 0.29) is 33.4 Å². The number of carbonyl (C=O) groups is 2. The summed E-state index contributed by atoms with van der Waals surface area (Å²) < 4.78 is 11.7. The summed E-state index contributed by atoms with van der Waals surface area (Å²) in [6, 6.07) is 6.66. The predicted molar refractivity (Wildman–Crippen MR) is 111 cm³/mol. The third-order valence-corrected chi connectivity index (χ3v) is 6.20. The summed E-state index contributed by atoms with van der Waals surface area (Å²) in [5, 5.41) is 12.7. The van der Waals surface area contributed by atoms with Crippen molar-refractivity contribution in [3.63, 3.8) is 0 Å². The van der Waals surface area contributed by atoms with Gasteiger partial charge in [0.1, 0.15) is 12.4 Å². The maximum Gasteiger partial charge on any atom is 0.404 e. The van der Waals surface area contributed by atoms with Crippen molar-refractivity contribution < 1.29 is 28.7 Å². The SMILES string of the molecule is COc1ccc(COC(=O)C2=C(CCl)CS[C@@H]3[C@H](NC(=O)I)C(O)=[N+]23)cc1. The van der Waals surface area contributed by atoms with Crippen molar-refractivity contribution in [1.29, 1.82) is 0 Å². The Balaban J connectivity index is 1.77. The lowest BCUT2D eigenvalue weighted by atomic mass is 10.1. The van der Waals surface area contributed by atoms with Gasteiger partial charge in [0.2, 0.25) is 11.4 Å². The van der Waals surface area contributed by atoms with E-state index in [2.05, 4.69) is 5.32 Å². The summed E-state index contributed by atoms with van der Waals surface area (Å²) in [6.07, 6.45) is 0. The topological polar surface area (TPSA) is 87.9 Å². The Morgan fingerprint density at radius 1 is 1.41 bits per heavy atom. The molecule has 27 heavy (non-hydrogen) atoms. The summed E-state index contributed by atoms with van der Waals surface area (Å²) in [4.78, 5) is 24.0. The van der Waals surface area contributed by atoms with E-state index in [1.54, 1.807) is 41.8 Å². The third kappa shape index (κ3) is 4.19. The standard InChI is InChI=1S/C17H16ClIN2O5S/c1-25-11-4-2-9(3-5-11)7-26-16(23)13-10(6-18)8-27-15-12(20-17(19)24)14(22)21(13)15/h2-5,12,15H,6-8H2,1H3,(H,20,24)/p+1/t12-,15-/m1/s1. The minimum Gasteiger partial charge on any atom is -0.497 e. The van der Waals surface area contributed by atoms with Gasteiger partial charge in [0.25, 0.3) is 9.61 Å². The van der Waals surface area contributed by atoms with E-state index in [9.17, 15) is 14.7 Å². The second kappa shape index (κ2) is 8.70. The molecule has 0 saturated heterocycles. The first-order chi connectivity index (χ1) is 13.0. The van der Waals surface area contributed by atoms with Crippen LogP contribution >= 0.6 is 46.0 Å². The number of hydrogen-bond acceptors (Lipinski definition) is 5. The van der Waals surface area contributed by atoms with Crippen molar-refractivity contribution >= 4 is 61.7 Å². The molecule has 0 radical (unpaired) electrons. The van der Waals surface area contributed by atoms with Gasteiger partial charge in [-0.3, -0.25) is 4.79 Å². The number of ether oxygens (including phenoxy) is 2. The number of benzene rings is 1. The zero-order valence-corrected chi connectivity index (χ0v) is 18.0. The fourth-order valence-corrected chi connectivity index (χ4v) is 4.88. The third-order valence-electron chi connectivity index (χ3n) is 4.22. The zero-order valence-electron chi connectivity index (χ0n) is 14.3. The van der Waals surface area contributed by atoms with E-state index in [0.29, 0.717) is 17.1 Å². The van der Waals surface area contributed by atoms with Crippen LogP contribution in [0.15, 0.2) is 35.5 Å². The van der Waals surface area contributed by atoms with Gasteiger partial charge in [-0.1, -0.05) is 23.9 Å². The van der Waals surface area contributed by atoms with Crippen LogP contribution in [-0.4, -0.2) is 55.6 Å². The Labute approximate surface area is 178 Å². The van der Waals surface area contributed by atoms with Gasteiger partial charge in [0.15, 0.2) is 0 Å². The largest absolute Gasteiger partial charge is 0.497 e. The molecular formula is C17H17ClIN2O5S+. The smallest absolute Gasteiger partial charge is 0.404 e. The molecule has 144 valence electrons. The molecule has 0 aromatic heterocycles. The molecule has 0 saturated carbocycles. The lowest BCUT2D eigenvalue weighted by molar-refractivity contribution is -0.532. The van der Waals surface area contributed by atoms with Crippen molar-refractivity contribution in [2.45, 2.75) is 18.0 Å². The fourth-order valence-electron chi connectivity index (χ4n) is 2.85. The number of aliphatic hydroxyl groups excluding tert-OH is 1. The van der Waals surface area contributed by atoms with E-state index in [1.807, 2.05) is 12.1 Å². The summed E-state index contributed by atoms with van der Waals surface area (Å²) in [5.41, 5.74) is 1.74. The van der Waals surface area contributed by atoms with E-state index < -0.39 is 12.0 Å². The maximum atomic E-state index is 12.7. The van der Waals surface area contributed by atoms with Crippen LogP contribution in [0.4, 0.5) is 4.79 Å². The van der Waals surface area contributed by atoms with Crippen molar-refractivity contribution in [2.24, 2.45) is 0 Å². The molecule has 0 bridgehead atoms. The molecule has 2 atom stereocenters. The van der Waals surface area contributed by atoms with Crippen molar-refractivity contribution in [2.75, 3.05) is 18.7 Å². The number of hydrogen-bond donors (Lipinski definition) is 2. The molecule has 0 unspecified atom stereocenters. The molecule has 2 aliphatic rings. The van der Waals surface area contributed by atoms with Crippen LogP contribution in [-0.2, 0) is 16.1 Å². The minimum atomic E-state index is -0.558. The second-order valence-corrected chi connectivity index (χ2v) is 8.19. The van der Waals surface area contributed by atoms with Gasteiger partial charge in [-0.15, -0.1) is 16.2 Å². The molecule has 2 aliphatic heterocycles. The number of halogens is 2. The molecule has 1 aromatic rings. The summed E-state index contributed by atoms with van der Waals surface area (Å²) in [6.45, 7) is 0.0855. The Morgan fingerprint density at radius 2 is 2.11 bits per heavy atom. The molecule has 7 nitrogen and oxygen atoms in total. The number of aliphatic hydroxyl groups is 1. The van der Waals surface area contributed by atoms with Gasteiger partial charge < -0.3 is 19.9 Å². The number of nitrogens with zero attached hydrogens (tertiary/aromatic N) is 1. The van der Waals surface area contributed by atoms with Gasteiger partial charge in [0, 0.05) is 33.9 Å². The average Bonchev–Trinajstić information content (AvgIpc) is 2.69. The maximum absolute atomic E-state index is 12.7. The number of amides is 1. The van der Waals surface area contributed by atoms with E-state index in [1.165, 1.54) is 16.3 Å². The predicted octanol–water partition coefficient (Wildman–Crippen LogP) is 2.80. The summed E-state index contributed by atoms with van der Waals surface area (Å²) in [5.74, 6) is 0.750. The van der Waals surface area contributed by atoms with E-state index in [0.717, 1.165) is 5.56 Å². The van der Waals surface area contributed by atoms with Gasteiger partial charge in [0.05, 0.1) is 13.0 Å². The number of rotatable bonds is 6. The fraction of sp³-hybridized carbons (Fsp3) is 0.353. The van der Waals surface area contributed by atoms with Crippen molar-refractivity contribution in [3.05, 3.63) is 41.1 Å². The van der Waals surface area contributed by atoms with Crippen LogP contribution in [0.25, 0.3) is 0 Å². The first-order valence-electron chi connectivity index (χ1n) is 7.97. The van der Waals surface area contributed by atoms with E-state index >= 15 is 0 Å². The molecule has 10 heteroatoms. The number of nitrogens with one attached hydrogen (secondary N) is 1. The molecule has 1 amide bonds. The average molecular weight is 524 g/mol. The quantitative estimate of drug-likeness (QED) is 0.149. The Bertz CT molecular complexity index is 827. The second-order valence-electron chi connectivity index (χ2n) is 5.84. The number of esters is 1. The molecule has 3 rings (SSSR count). The molecule has 1 aromatic carbocycles. The van der Waals surface area contributed by atoms with Crippen LogP contribution in [0.3, 0.4) is 0 Å². The van der Waals surface area contributed by atoms with Gasteiger partial charge >= 0.3 is 11.9 Å². The first kappa shape index (κ1) is 20.3. The number of methoxy groups -OCH3 is 1. The van der Waals surface area contributed by atoms with Crippen LogP contribution in [0.2, 0.25) is 0 Å². The molecule has 2 N–H and O–H groups in total. The highest BCUT2D eigenvalue weighted by Crippen LogP contribution is 2.36. The Kier molecular flexibility index (Phi) is 6.53. The number of alkyl halides is 1. The molecule has 2 heterocycles. The first-order valence-corrected chi connectivity index (χ1v) is 10.6. The van der Waals surface area contributed by atoms with Gasteiger partial charge in [-0.05, 0) is 17.7 Å². The van der Waals surface area contributed by atoms with E-state index in [4.69, 9.17) is 21.1 Å². The van der Waals surface area contributed by atoms with Crippen LogP contribution in [0.5, 0.6) is 5.75 Å². The highest BCUT2D eigenvalue weighted by atomic mass is 127. The highest BCUT2D eigenvalue weighted by molar-refractivity contribution is 14.1. The monoisotopic (exact) mass is 523 g/mol. The Morgan fingerprint density at radius 3 is 2.70 bits per heavy atom. The van der Waals surface area contributed by atoms with Crippen LogP contribution < -0.4 is 10.1 Å². The van der Waals surface area contributed by atoms with Crippen LogP contribution in [0, 0.1) is 0 Å². The minimum absolute atomic E-state index is 0.0855. The lowest BCUT2D eigenvalue weighted by Crippen LogP contribution is -2.64. The molecular weight excluding hydrogens is 507 g/mol. The molecule has 0 fully saturated rings. The van der Waals surface area contributed by atoms with Crippen molar-refractivity contribution in [3.8, 4) is 5.75 Å². The number of carbonyl (C=O) groups excluding carboxylic acids is 2. The Hall–Kier alpha value is -1.46. The normalized spacial score (nSPS) is 21.3. The van der Waals surface area contributed by atoms with Gasteiger partial charge in [-0.25, -0.2) is 4.79 Å². The molecule has 0 spiro atoms. The van der Waals surface area contributed by atoms with Gasteiger partial charge in [-0.2, -0.15) is 0 Å². The summed E-state index contributed by atoms with van der Waals surface area (Å²) >= 11 is 9.10. The zero-order chi connectivity index (χ0) is 19.6. The highest BCUT2D eigenvalue weighted by Gasteiger charge is 2.58.